The molecule has 0 atom stereocenters. The van der Waals surface area contributed by atoms with Crippen molar-refractivity contribution in [3.8, 4) is 50.2 Å². The third kappa shape index (κ3) is 5.70. The van der Waals surface area contributed by atoms with Gasteiger partial charge in [0, 0.05) is 27.2 Å². The van der Waals surface area contributed by atoms with Gasteiger partial charge < -0.3 is 13.4 Å². The molecule has 0 aliphatic heterocycles. The summed E-state index contributed by atoms with van der Waals surface area (Å²) in [6.45, 7) is 0. The van der Waals surface area contributed by atoms with Crippen LogP contribution in [0.2, 0.25) is 0 Å². The van der Waals surface area contributed by atoms with Crippen molar-refractivity contribution in [3.63, 3.8) is 0 Å². The van der Waals surface area contributed by atoms with Crippen LogP contribution in [0.3, 0.4) is 0 Å². The maximum absolute atomic E-state index is 13.3. The smallest absolute Gasteiger partial charge is 0.344 e. The summed E-state index contributed by atoms with van der Waals surface area (Å²) in [7, 11) is 0. The van der Waals surface area contributed by atoms with Gasteiger partial charge in [0.15, 0.2) is 0 Å². The fraction of sp³-hybridized carbons (Fsp3) is 0. The molecule has 286 valence electrons. The summed E-state index contributed by atoms with van der Waals surface area (Å²) in [6, 6.07) is 68.3. The molecule has 0 bridgehead atoms. The summed E-state index contributed by atoms with van der Waals surface area (Å²) in [6.07, 6.45) is 0. The van der Waals surface area contributed by atoms with E-state index in [1.165, 1.54) is 0 Å². The van der Waals surface area contributed by atoms with E-state index in [0.29, 0.717) is 21.9 Å². The van der Waals surface area contributed by atoms with Crippen LogP contribution in [-0.2, 0) is 0 Å². The van der Waals surface area contributed by atoms with Crippen molar-refractivity contribution < 1.29 is 8.83 Å². The molecule has 3 heterocycles. The molecule has 0 unspecified atom stereocenters. The quantitative estimate of drug-likeness (QED) is 0.129. The molecular formula is C56H33NO4. The summed E-state index contributed by atoms with van der Waals surface area (Å²) in [4.78, 5) is 26.7. The van der Waals surface area contributed by atoms with Crippen LogP contribution in [0.1, 0.15) is 0 Å². The van der Waals surface area contributed by atoms with E-state index < -0.39 is 0 Å². The van der Waals surface area contributed by atoms with Crippen LogP contribution in [0, 0.1) is 0 Å². The molecule has 0 radical (unpaired) electrons. The largest absolute Gasteiger partial charge is 0.422 e. The van der Waals surface area contributed by atoms with Crippen LogP contribution in [0.4, 0.5) is 0 Å². The fourth-order valence-electron chi connectivity index (χ4n) is 9.12. The van der Waals surface area contributed by atoms with E-state index in [1.807, 2.05) is 84.9 Å². The molecular weight excluding hydrogens is 751 g/mol. The highest BCUT2D eigenvalue weighted by Gasteiger charge is 2.18. The Morgan fingerprint density at radius 1 is 0.279 bits per heavy atom. The Balaban J connectivity index is 1.10. The van der Waals surface area contributed by atoms with Crippen LogP contribution in [0.25, 0.3) is 115 Å². The second-order valence-corrected chi connectivity index (χ2v) is 15.6. The topological polar surface area (TPSA) is 65.3 Å². The minimum absolute atomic E-state index is 0.359. The third-order valence-electron chi connectivity index (χ3n) is 12.1. The van der Waals surface area contributed by atoms with Gasteiger partial charge in [0.2, 0.25) is 0 Å². The van der Waals surface area contributed by atoms with Crippen molar-refractivity contribution in [1.82, 2.24) is 4.57 Å². The van der Waals surface area contributed by atoms with E-state index in [9.17, 15) is 9.59 Å². The molecule has 0 saturated heterocycles. The molecule has 12 aromatic rings. The van der Waals surface area contributed by atoms with Gasteiger partial charge in [-0.2, -0.15) is 0 Å². The second kappa shape index (κ2) is 13.7. The number of para-hydroxylation sites is 2. The Bertz CT molecular complexity index is 3610. The summed E-state index contributed by atoms with van der Waals surface area (Å²) in [5.74, 6) is 0. The zero-order chi connectivity index (χ0) is 40.6. The van der Waals surface area contributed by atoms with Gasteiger partial charge in [-0.05, 0) is 122 Å². The average molecular weight is 784 g/mol. The van der Waals surface area contributed by atoms with E-state index in [4.69, 9.17) is 8.83 Å². The van der Waals surface area contributed by atoms with E-state index in [2.05, 4.69) is 120 Å². The van der Waals surface area contributed by atoms with Crippen molar-refractivity contribution in [2.24, 2.45) is 0 Å². The highest BCUT2D eigenvalue weighted by atomic mass is 16.4. The molecule has 0 fully saturated rings. The van der Waals surface area contributed by atoms with E-state index >= 15 is 0 Å². The molecule has 0 amide bonds. The Hall–Kier alpha value is -8.28. The van der Waals surface area contributed by atoms with Gasteiger partial charge in [-0.15, -0.1) is 0 Å². The van der Waals surface area contributed by atoms with Gasteiger partial charge in [0.05, 0.1) is 21.8 Å². The number of hydrogen-bond donors (Lipinski definition) is 0. The molecule has 0 saturated carbocycles. The zero-order valence-electron chi connectivity index (χ0n) is 32.6. The first-order valence-corrected chi connectivity index (χ1v) is 20.3. The number of nitrogens with zero attached hydrogens (tertiary/aromatic N) is 1. The summed E-state index contributed by atoms with van der Waals surface area (Å²) in [5.41, 5.74) is 11.8. The van der Waals surface area contributed by atoms with Crippen LogP contribution in [0.5, 0.6) is 0 Å². The monoisotopic (exact) mass is 783 g/mol. The van der Waals surface area contributed by atoms with Crippen LogP contribution in [0.15, 0.2) is 219 Å². The van der Waals surface area contributed by atoms with Crippen molar-refractivity contribution in [1.29, 1.82) is 0 Å². The minimum Gasteiger partial charge on any atom is -0.422 e. The van der Waals surface area contributed by atoms with Gasteiger partial charge in [0.1, 0.15) is 11.2 Å². The maximum Gasteiger partial charge on any atom is 0.344 e. The first-order valence-electron chi connectivity index (χ1n) is 20.3. The normalized spacial score (nSPS) is 11.7. The molecule has 5 heteroatoms. The molecule has 0 N–H and O–H groups in total. The number of rotatable bonds is 5. The molecule has 3 aromatic heterocycles. The Morgan fingerprint density at radius 3 is 1.13 bits per heavy atom. The molecule has 0 aliphatic carbocycles. The highest BCUT2D eigenvalue weighted by Crippen LogP contribution is 2.40. The molecule has 12 rings (SSSR count). The lowest BCUT2D eigenvalue weighted by Gasteiger charge is -2.14. The van der Waals surface area contributed by atoms with Crippen LogP contribution in [-0.4, -0.2) is 4.57 Å². The molecule has 0 spiro atoms. The maximum atomic E-state index is 13.3. The van der Waals surface area contributed by atoms with E-state index in [0.717, 1.165) is 93.5 Å². The minimum atomic E-state index is -0.359. The first kappa shape index (κ1) is 34.7. The van der Waals surface area contributed by atoms with Crippen LogP contribution < -0.4 is 11.3 Å². The van der Waals surface area contributed by atoms with Gasteiger partial charge >= 0.3 is 11.3 Å². The predicted molar refractivity (Wildman–Crippen MR) is 250 cm³/mol. The number of fused-ring (bicyclic) bond motifs is 9. The van der Waals surface area contributed by atoms with Crippen molar-refractivity contribution in [3.05, 3.63) is 221 Å². The summed E-state index contributed by atoms with van der Waals surface area (Å²) >= 11 is 0. The Kier molecular flexibility index (Phi) is 7.77. The second-order valence-electron chi connectivity index (χ2n) is 15.6. The zero-order valence-corrected chi connectivity index (χ0v) is 32.6. The standard InChI is InChI=1S/C56H33NO4/c58-55-49-32-36(19-23-43(49)45-15-7-9-17-53(45)60-55)38-21-25-51-47(30-38)48-31-39(37-20-24-44-46-16-8-10-18-54(46)61-56(59)50(44)33-37)22-26-52(48)57(51)42-28-40(34-11-3-1-4-12-34)27-41(29-42)35-13-5-2-6-14-35/h1-33H. The van der Waals surface area contributed by atoms with E-state index in [-0.39, 0.29) is 11.3 Å². The average Bonchev–Trinajstić information content (AvgIpc) is 3.65. The van der Waals surface area contributed by atoms with Crippen LogP contribution >= 0.6 is 0 Å². The lowest BCUT2D eigenvalue weighted by molar-refractivity contribution is 0.569. The number of aromatic nitrogens is 1. The van der Waals surface area contributed by atoms with Crippen molar-refractivity contribution in [2.75, 3.05) is 0 Å². The van der Waals surface area contributed by atoms with Crippen molar-refractivity contribution >= 4 is 65.3 Å². The van der Waals surface area contributed by atoms with Gasteiger partial charge in [-0.25, -0.2) is 9.59 Å². The molecule has 5 nitrogen and oxygen atoms in total. The van der Waals surface area contributed by atoms with E-state index in [1.54, 1.807) is 0 Å². The Labute approximate surface area is 348 Å². The lowest BCUT2D eigenvalue weighted by atomic mass is 9.97. The lowest BCUT2D eigenvalue weighted by Crippen LogP contribution is -2.00. The van der Waals surface area contributed by atoms with Gasteiger partial charge in [0.25, 0.3) is 0 Å². The highest BCUT2D eigenvalue weighted by molar-refractivity contribution is 6.13. The van der Waals surface area contributed by atoms with Crippen molar-refractivity contribution in [2.45, 2.75) is 0 Å². The molecule has 9 aromatic carbocycles. The first-order chi connectivity index (χ1) is 30.0. The van der Waals surface area contributed by atoms with Gasteiger partial charge in [-0.1, -0.05) is 133 Å². The number of benzene rings is 9. The summed E-state index contributed by atoms with van der Waals surface area (Å²) < 4.78 is 13.9. The molecule has 61 heavy (non-hydrogen) atoms. The number of hydrogen-bond acceptors (Lipinski definition) is 4. The summed E-state index contributed by atoms with van der Waals surface area (Å²) in [5, 5.41) is 6.73. The SMILES string of the molecule is O=c1oc2ccccc2c2ccc(-c3ccc4c(c3)c3cc(-c5ccc6c(c5)c(=O)oc5ccccc56)ccc3n4-c3cc(-c4ccccc4)cc(-c4ccccc4)c3)cc12. The molecule has 0 aliphatic rings. The fourth-order valence-corrected chi connectivity index (χ4v) is 9.12. The van der Waals surface area contributed by atoms with Gasteiger partial charge in [-0.3, -0.25) is 0 Å². The predicted octanol–water partition coefficient (Wildman–Crippen LogP) is 14.0. The Morgan fingerprint density at radius 2 is 0.672 bits per heavy atom. The third-order valence-corrected chi connectivity index (χ3v) is 12.1.